The molecule has 0 saturated carbocycles. The molecule has 12 rings (SSSR count). The number of benzene rings is 10. The number of anilines is 5. The number of nitrogens with zero attached hydrogens (tertiary/aromatic N) is 4. The molecule has 2 aliphatic heterocycles. The number of thioether (sulfide) groups is 1. The molecule has 5 N–H and O–H groups in total. The lowest BCUT2D eigenvalue weighted by Gasteiger charge is -2.19. The highest BCUT2D eigenvalue weighted by Crippen LogP contribution is 2.46. The van der Waals surface area contributed by atoms with Gasteiger partial charge in [-0.05, 0) is 207 Å². The maximum absolute atomic E-state index is 14.0. The second-order valence-electron chi connectivity index (χ2n) is 25.9. The normalized spacial score (nSPS) is 14.6. The minimum atomic E-state index is -0.883. The Labute approximate surface area is 698 Å². The van der Waals surface area contributed by atoms with Gasteiger partial charge in [0.25, 0.3) is 29.5 Å². The van der Waals surface area contributed by atoms with E-state index in [-0.39, 0.29) is 63.2 Å². The highest BCUT2D eigenvalue weighted by atomic mass is 35.5. The molecular weight excluding hydrogens is 1630 g/mol. The summed E-state index contributed by atoms with van der Waals surface area (Å²) < 4.78 is 17.9. The molecule has 2 aliphatic rings. The smallest absolute Gasteiger partial charge is 0.267 e. The van der Waals surface area contributed by atoms with Crippen molar-refractivity contribution in [1.82, 2.24) is 10.9 Å². The maximum atomic E-state index is 14.0. The molecule has 0 aliphatic carbocycles. The van der Waals surface area contributed by atoms with E-state index in [0.29, 0.717) is 88.0 Å². The first-order valence-electron chi connectivity index (χ1n) is 34.5. The maximum Gasteiger partial charge on any atom is 0.267 e. The number of nitrogens with one attached hydrogen (secondary N) is 5. The fourth-order valence-electron chi connectivity index (χ4n) is 11.1. The number of hydrogen-bond donors (Lipinski definition) is 5. The van der Waals surface area contributed by atoms with E-state index < -0.39 is 23.6 Å². The van der Waals surface area contributed by atoms with Crippen LogP contribution in [-0.4, -0.2) is 64.8 Å². The molecule has 0 bridgehead atoms. The molecule has 4 unspecified atom stereocenters. The summed E-state index contributed by atoms with van der Waals surface area (Å²) in [5.41, 5.74) is 17.8. The van der Waals surface area contributed by atoms with Crippen LogP contribution in [-0.2, 0) is 24.0 Å². The molecular formula is C83H77Cl8N9O8S3. The first-order valence-corrected chi connectivity index (χ1v) is 40.5. The Kier molecular flexibility index (Phi) is 29.5. The van der Waals surface area contributed by atoms with Gasteiger partial charge in [0.15, 0.2) is 18.3 Å². The Hall–Kier alpha value is -8.74. The molecule has 17 nitrogen and oxygen atoms in total. The van der Waals surface area contributed by atoms with Crippen LogP contribution in [0.2, 0.25) is 40.2 Å². The van der Waals surface area contributed by atoms with Gasteiger partial charge in [-0.3, -0.25) is 34.8 Å². The number of para-hydroxylation sites is 3. The molecule has 111 heavy (non-hydrogen) atoms. The Morgan fingerprint density at radius 3 is 1.17 bits per heavy atom. The molecule has 10 aromatic rings. The van der Waals surface area contributed by atoms with Crippen molar-refractivity contribution in [2.24, 2.45) is 9.98 Å². The van der Waals surface area contributed by atoms with Crippen molar-refractivity contribution in [1.29, 1.82) is 0 Å². The second-order valence-corrected chi connectivity index (χ2v) is 32.6. The summed E-state index contributed by atoms with van der Waals surface area (Å²) in [6, 6.07) is 56.9. The predicted molar refractivity (Wildman–Crippen MR) is 462 cm³/mol. The average molecular weight is 1710 g/mol. The van der Waals surface area contributed by atoms with Gasteiger partial charge >= 0.3 is 0 Å². The number of aryl methyl sites for hydroxylation is 8. The third-order valence-electron chi connectivity index (χ3n) is 16.7. The molecule has 0 radical (unpaired) electrons. The minimum absolute atomic E-state index is 0. The molecule has 576 valence electrons. The number of hydrogen-bond acceptors (Lipinski definition) is 13. The molecule has 2 heterocycles. The second kappa shape index (κ2) is 38.7. The summed E-state index contributed by atoms with van der Waals surface area (Å²) in [7, 11) is 2.99. The van der Waals surface area contributed by atoms with Crippen LogP contribution in [0, 0.1) is 55.4 Å². The number of halogens is 8. The highest BCUT2D eigenvalue weighted by Gasteiger charge is 2.42. The summed E-state index contributed by atoms with van der Waals surface area (Å²) in [5.74, 6) is 1.32. The van der Waals surface area contributed by atoms with Crippen LogP contribution in [0.4, 0.5) is 39.8 Å². The highest BCUT2D eigenvalue weighted by molar-refractivity contribution is 8.76. The van der Waals surface area contributed by atoms with Gasteiger partial charge in [0.05, 0.1) is 65.0 Å². The molecule has 0 aromatic heterocycles. The predicted octanol–water partition coefficient (Wildman–Crippen LogP) is 23.7. The third-order valence-corrected chi connectivity index (χ3v) is 22.7. The molecule has 2 fully saturated rings. The number of rotatable bonds is 21. The van der Waals surface area contributed by atoms with E-state index in [9.17, 15) is 24.0 Å². The van der Waals surface area contributed by atoms with Crippen molar-refractivity contribution < 1.29 is 39.6 Å². The van der Waals surface area contributed by atoms with Crippen LogP contribution < -0.4 is 51.0 Å². The molecule has 10 aromatic carbocycles. The zero-order chi connectivity index (χ0) is 80.1. The van der Waals surface area contributed by atoms with E-state index in [1.165, 1.54) is 67.6 Å². The monoisotopic (exact) mass is 1700 g/mol. The molecule has 2 saturated heterocycles. The number of aliphatic imine (C=N–C) groups is 2. The van der Waals surface area contributed by atoms with E-state index >= 15 is 0 Å². The summed E-state index contributed by atoms with van der Waals surface area (Å²) in [6.07, 6.45) is -2.06. The van der Waals surface area contributed by atoms with Crippen molar-refractivity contribution in [3.8, 4) is 17.2 Å². The van der Waals surface area contributed by atoms with Gasteiger partial charge < -0.3 is 30.2 Å². The minimum Gasteiger partial charge on any atom is -0.481 e. The lowest BCUT2D eigenvalue weighted by atomic mass is 10.1. The van der Waals surface area contributed by atoms with Gasteiger partial charge in [0.1, 0.15) is 45.5 Å². The van der Waals surface area contributed by atoms with Gasteiger partial charge in [0.2, 0.25) is 0 Å². The number of ether oxygens (including phenoxy) is 3. The lowest BCUT2D eigenvalue weighted by Crippen LogP contribution is -2.36. The van der Waals surface area contributed by atoms with Gasteiger partial charge in [-0.25, -0.2) is 20.0 Å². The number of amidine groups is 2. The van der Waals surface area contributed by atoms with Crippen molar-refractivity contribution in [3.05, 3.63) is 273 Å². The molecule has 4 atom stereocenters. The Bertz CT molecular complexity index is 5120. The largest absolute Gasteiger partial charge is 0.481 e. The van der Waals surface area contributed by atoms with E-state index in [4.69, 9.17) is 112 Å². The zero-order valence-electron chi connectivity index (χ0n) is 61.7. The topological polar surface area (TPSA) is 204 Å². The third kappa shape index (κ3) is 22.6. The Morgan fingerprint density at radius 2 is 0.775 bits per heavy atom. The van der Waals surface area contributed by atoms with E-state index in [1.54, 1.807) is 45.0 Å². The molecule has 5 amide bonds. The van der Waals surface area contributed by atoms with E-state index in [0.717, 1.165) is 54.3 Å². The van der Waals surface area contributed by atoms with Crippen LogP contribution in [0.5, 0.6) is 17.2 Å². The van der Waals surface area contributed by atoms with Gasteiger partial charge in [-0.1, -0.05) is 216 Å². The molecule has 28 heteroatoms. The number of hydrazine groups is 2. The summed E-state index contributed by atoms with van der Waals surface area (Å²) in [5, 5.41) is 13.1. The van der Waals surface area contributed by atoms with E-state index in [2.05, 4.69) is 31.8 Å². The van der Waals surface area contributed by atoms with Crippen LogP contribution in [0.3, 0.4) is 0 Å². The summed E-state index contributed by atoms with van der Waals surface area (Å²) in [4.78, 5) is 77.2. The molecule has 0 spiro atoms. The van der Waals surface area contributed by atoms with Crippen molar-refractivity contribution in [2.75, 3.05) is 26.0 Å². The van der Waals surface area contributed by atoms with Crippen LogP contribution >= 0.6 is 126 Å². The van der Waals surface area contributed by atoms with Crippen LogP contribution in [0.25, 0.3) is 0 Å². The van der Waals surface area contributed by atoms with Gasteiger partial charge in [0, 0.05) is 26.2 Å². The standard InChI is InChI=1S/C34H36N2O4S2.C33H28Cl4N4O3S.C16H11Cl4N3O.H2/c1-21-15-17-29(23(3)19-21)39-25(5)33(37)35-27-11-7-9-13-31(27)41-42-32-14-10-8-12-28(32)36-34(38)26(6)40-30-18-16-22(2)20-24(30)4;1-17-10-12-27(19(3)13-17)44-20(4)32(42)39-25-7-5-6-8-28(25)45-30-31(38-26-14-18(2)9-11-22(26)35)40-41(33(30)43)29-23(36)15-21(34)16-24(29)37;1-8-2-3-10(18)13(4-8)21-14-7-15(24)23(22-14)16-11(19)5-9(17)6-12(16)20;/h7-20,25-26H,1-6H3,(H,35,37)(H,36,38);5-16,20,30H,1-4H3,(H,38,40)(H,39,42);2-6H,7H2,1H3,(H,21,22);1H/i;;;1+1. The fourth-order valence-corrected chi connectivity index (χ4v) is 16.8. The van der Waals surface area contributed by atoms with Gasteiger partial charge in [-0.15, -0.1) is 11.8 Å². The van der Waals surface area contributed by atoms with Crippen LogP contribution in [0.1, 0.15) is 73.1 Å². The SMILES string of the molecule is Cc1ccc(Cl)c(N=C2CC(=O)N(c3c(Cl)cc(Cl)cc3Cl)N2)c1.Cc1ccc(OC(C)C(=O)Nc2ccccc2SC2C(=O)N(c3c(Cl)cc(Cl)cc3Cl)NC2=Nc2cc(C)ccc2Cl)c(C)c1.Cc1ccc(OC(C)C(=O)Nc2ccccc2SSc2ccccc2NC(=O)C(C)Oc2ccc(C)cc2C)c(C)c1.[2HH]. The number of carbonyl (C=O) groups excluding carboxylic acids is 5. The average Bonchev–Trinajstić information content (AvgIpc) is 1.63. The first-order chi connectivity index (χ1) is 52.9. The Balaban J connectivity index is 0.000000200. The first kappa shape index (κ1) is 84.7. The lowest BCUT2D eigenvalue weighted by molar-refractivity contribution is -0.122. The fraction of sp³-hybridized carbons (Fsp3) is 0.193. The van der Waals surface area contributed by atoms with E-state index in [1.807, 2.05) is 195 Å². The summed E-state index contributed by atoms with van der Waals surface area (Å²) >= 11 is 51.2. The number of amides is 5. The van der Waals surface area contributed by atoms with Crippen molar-refractivity contribution in [3.63, 3.8) is 0 Å². The van der Waals surface area contributed by atoms with Crippen molar-refractivity contribution in [2.45, 2.75) is 121 Å². The van der Waals surface area contributed by atoms with Gasteiger partial charge in [-0.2, -0.15) is 0 Å². The van der Waals surface area contributed by atoms with Crippen LogP contribution in [0.15, 0.2) is 213 Å². The zero-order valence-corrected chi connectivity index (χ0v) is 70.2. The quantitative estimate of drug-likeness (QED) is 0.0425. The van der Waals surface area contributed by atoms with Crippen molar-refractivity contribution >= 4 is 207 Å². The number of carbonyl (C=O) groups is 5. The Morgan fingerprint density at radius 1 is 0.432 bits per heavy atom. The summed E-state index contributed by atoms with van der Waals surface area (Å²) in [6.45, 7) is 20.9.